The summed E-state index contributed by atoms with van der Waals surface area (Å²) in [5, 5.41) is 15.1. The number of benzene rings is 1. The zero-order valence-electron chi connectivity index (χ0n) is 14.9. The molecule has 0 aromatic heterocycles. The number of carbonyl (C=O) groups excluding carboxylic acids is 2. The van der Waals surface area contributed by atoms with Crippen LogP contribution in [-0.4, -0.2) is 28.9 Å². The van der Waals surface area contributed by atoms with Crippen LogP contribution in [-0.2, 0) is 9.59 Å². The van der Waals surface area contributed by atoms with Crippen molar-refractivity contribution in [2.45, 2.75) is 32.7 Å². The first-order valence-electron chi connectivity index (χ1n) is 9.03. The number of fused-ring (bicyclic) bond motifs is 2. The Hall–Kier alpha value is -2.63. The van der Waals surface area contributed by atoms with Crippen LogP contribution < -0.4 is 10.6 Å². The summed E-state index contributed by atoms with van der Waals surface area (Å²) in [7, 11) is 0. The number of aliphatic carboxylic acids is 1. The molecule has 1 saturated carbocycles. The summed E-state index contributed by atoms with van der Waals surface area (Å²) >= 11 is 0. The van der Waals surface area contributed by atoms with Gasteiger partial charge < -0.3 is 15.7 Å². The highest BCUT2D eigenvalue weighted by molar-refractivity contribution is 5.98. The minimum Gasteiger partial charge on any atom is -0.481 e. The van der Waals surface area contributed by atoms with Crippen LogP contribution in [0.25, 0.3) is 0 Å². The summed E-state index contributed by atoms with van der Waals surface area (Å²) in [5.41, 5.74) is 1.08. The molecule has 6 heteroatoms. The molecule has 2 amide bonds. The fourth-order valence-corrected chi connectivity index (χ4v) is 3.86. The molecule has 138 valence electrons. The van der Waals surface area contributed by atoms with Gasteiger partial charge in [-0.15, -0.1) is 0 Å². The third kappa shape index (κ3) is 3.49. The first-order valence-corrected chi connectivity index (χ1v) is 9.03. The summed E-state index contributed by atoms with van der Waals surface area (Å²) < 4.78 is 0. The molecule has 0 saturated heterocycles. The van der Waals surface area contributed by atoms with Gasteiger partial charge in [-0.3, -0.25) is 14.4 Å². The third-order valence-corrected chi connectivity index (χ3v) is 5.45. The number of allylic oxidation sites excluding steroid dienone is 2. The topological polar surface area (TPSA) is 95.5 Å². The second kappa shape index (κ2) is 7.32. The maximum Gasteiger partial charge on any atom is 0.307 e. The largest absolute Gasteiger partial charge is 0.481 e. The van der Waals surface area contributed by atoms with Crippen LogP contribution in [0, 0.1) is 23.7 Å². The molecule has 1 aromatic rings. The molecule has 3 N–H and O–H groups in total. The predicted molar refractivity (Wildman–Crippen MR) is 97.6 cm³/mol. The third-order valence-electron chi connectivity index (χ3n) is 5.45. The van der Waals surface area contributed by atoms with E-state index in [1.54, 1.807) is 24.3 Å². The van der Waals surface area contributed by atoms with Gasteiger partial charge in [0, 0.05) is 17.3 Å². The van der Waals surface area contributed by atoms with E-state index in [2.05, 4.69) is 10.6 Å². The first-order chi connectivity index (χ1) is 12.4. The number of rotatable bonds is 6. The predicted octanol–water partition coefficient (Wildman–Crippen LogP) is 2.68. The zero-order chi connectivity index (χ0) is 18.8. The van der Waals surface area contributed by atoms with Gasteiger partial charge in [0.05, 0.1) is 11.8 Å². The van der Waals surface area contributed by atoms with Gasteiger partial charge in [-0.1, -0.05) is 19.1 Å². The Morgan fingerprint density at radius 1 is 1.12 bits per heavy atom. The van der Waals surface area contributed by atoms with Crippen LogP contribution >= 0.6 is 0 Å². The van der Waals surface area contributed by atoms with Gasteiger partial charge in [-0.2, -0.15) is 0 Å². The maximum atomic E-state index is 12.6. The molecule has 0 aliphatic heterocycles. The average molecular weight is 356 g/mol. The van der Waals surface area contributed by atoms with Gasteiger partial charge in [0.15, 0.2) is 0 Å². The Kier molecular flexibility index (Phi) is 5.11. The van der Waals surface area contributed by atoms with Crippen molar-refractivity contribution in [2.24, 2.45) is 23.7 Å². The Labute approximate surface area is 152 Å². The lowest BCUT2D eigenvalue weighted by atomic mass is 9.82. The molecule has 0 spiro atoms. The second-order valence-electron chi connectivity index (χ2n) is 7.19. The standard InChI is InChI=1S/C20H24N2O4/c1-3-11(2)21-18(23)12-6-8-15(9-7-12)22-19(24)16-13-4-5-14(10-13)17(16)20(25)26/h4-9,11,13-14,16-17H,3,10H2,1-2H3,(H,21,23)(H,22,24)(H,25,26)/t11-,13-,14-,16+,17+/m0/s1. The van der Waals surface area contributed by atoms with E-state index >= 15 is 0 Å². The summed E-state index contributed by atoms with van der Waals surface area (Å²) in [6.07, 6.45) is 5.45. The van der Waals surface area contributed by atoms with E-state index < -0.39 is 17.8 Å². The van der Waals surface area contributed by atoms with Crippen molar-refractivity contribution in [3.63, 3.8) is 0 Å². The number of nitrogens with one attached hydrogen (secondary N) is 2. The molecular formula is C20H24N2O4. The van der Waals surface area contributed by atoms with Crippen molar-refractivity contribution in [3.8, 4) is 0 Å². The van der Waals surface area contributed by atoms with Crippen LogP contribution in [0.3, 0.4) is 0 Å². The van der Waals surface area contributed by atoms with Crippen molar-refractivity contribution in [1.29, 1.82) is 0 Å². The van der Waals surface area contributed by atoms with Crippen LogP contribution in [0.1, 0.15) is 37.0 Å². The monoisotopic (exact) mass is 356 g/mol. The molecule has 0 radical (unpaired) electrons. The molecule has 1 fully saturated rings. The van der Waals surface area contributed by atoms with E-state index in [0.29, 0.717) is 11.3 Å². The first kappa shape index (κ1) is 18.2. The second-order valence-corrected chi connectivity index (χ2v) is 7.19. The van der Waals surface area contributed by atoms with Crippen LogP contribution in [0.2, 0.25) is 0 Å². The lowest BCUT2D eigenvalue weighted by molar-refractivity contribution is -0.146. The van der Waals surface area contributed by atoms with E-state index in [1.807, 2.05) is 26.0 Å². The molecule has 0 unspecified atom stereocenters. The lowest BCUT2D eigenvalue weighted by Gasteiger charge is -2.23. The Balaban J connectivity index is 1.66. The molecule has 0 heterocycles. The van der Waals surface area contributed by atoms with E-state index in [9.17, 15) is 19.5 Å². The van der Waals surface area contributed by atoms with Gasteiger partial charge in [0.1, 0.15) is 0 Å². The van der Waals surface area contributed by atoms with Gasteiger partial charge in [0.25, 0.3) is 5.91 Å². The number of amides is 2. The highest BCUT2D eigenvalue weighted by Crippen LogP contribution is 2.48. The summed E-state index contributed by atoms with van der Waals surface area (Å²) in [4.78, 5) is 36.3. The fraction of sp³-hybridized carbons (Fsp3) is 0.450. The number of carboxylic acid groups (broad SMARTS) is 1. The van der Waals surface area contributed by atoms with Crippen molar-refractivity contribution in [2.75, 3.05) is 5.32 Å². The quantitative estimate of drug-likeness (QED) is 0.683. The minimum absolute atomic E-state index is 0.0123. The van der Waals surface area contributed by atoms with Crippen molar-refractivity contribution < 1.29 is 19.5 Å². The van der Waals surface area contributed by atoms with Gasteiger partial charge in [-0.05, 0) is 55.9 Å². The van der Waals surface area contributed by atoms with Crippen molar-refractivity contribution in [1.82, 2.24) is 5.32 Å². The normalized spacial score (nSPS) is 27.2. The van der Waals surface area contributed by atoms with E-state index in [4.69, 9.17) is 0 Å². The summed E-state index contributed by atoms with van der Waals surface area (Å²) in [5.74, 6) is -2.62. The number of anilines is 1. The average Bonchev–Trinajstić information content (AvgIpc) is 3.23. The fourth-order valence-electron chi connectivity index (χ4n) is 3.86. The lowest BCUT2D eigenvalue weighted by Crippen LogP contribution is -2.36. The van der Waals surface area contributed by atoms with E-state index in [-0.39, 0.29) is 29.7 Å². The van der Waals surface area contributed by atoms with Gasteiger partial charge in [-0.25, -0.2) is 0 Å². The Bertz CT molecular complexity index is 741. The summed E-state index contributed by atoms with van der Waals surface area (Å²) in [6, 6.07) is 6.75. The molecule has 6 nitrogen and oxygen atoms in total. The molecular weight excluding hydrogens is 332 g/mol. The zero-order valence-corrected chi connectivity index (χ0v) is 14.9. The Morgan fingerprint density at radius 3 is 2.31 bits per heavy atom. The molecule has 3 rings (SSSR count). The Morgan fingerprint density at radius 2 is 1.73 bits per heavy atom. The number of hydrogen-bond donors (Lipinski definition) is 3. The smallest absolute Gasteiger partial charge is 0.307 e. The van der Waals surface area contributed by atoms with Crippen LogP contribution in [0.4, 0.5) is 5.69 Å². The molecule has 2 aliphatic carbocycles. The molecule has 26 heavy (non-hydrogen) atoms. The van der Waals surface area contributed by atoms with E-state index in [1.165, 1.54) is 0 Å². The number of hydrogen-bond acceptors (Lipinski definition) is 3. The van der Waals surface area contributed by atoms with Crippen LogP contribution in [0.15, 0.2) is 36.4 Å². The molecule has 2 aliphatic rings. The molecule has 5 atom stereocenters. The van der Waals surface area contributed by atoms with Gasteiger partial charge in [0.2, 0.25) is 5.91 Å². The SMILES string of the molecule is CC[C@H](C)NC(=O)c1ccc(NC(=O)[C@H]2[C@H](C(=O)O)[C@H]3C=C[C@H]2C3)cc1. The van der Waals surface area contributed by atoms with Crippen molar-refractivity contribution in [3.05, 3.63) is 42.0 Å². The molecule has 1 aromatic carbocycles. The van der Waals surface area contributed by atoms with Crippen molar-refractivity contribution >= 4 is 23.5 Å². The molecule has 2 bridgehead atoms. The number of carboxylic acids is 1. The van der Waals surface area contributed by atoms with E-state index in [0.717, 1.165) is 12.8 Å². The minimum atomic E-state index is -0.918. The van der Waals surface area contributed by atoms with Gasteiger partial charge >= 0.3 is 5.97 Å². The summed E-state index contributed by atoms with van der Waals surface area (Å²) in [6.45, 7) is 3.94. The highest BCUT2D eigenvalue weighted by Gasteiger charge is 2.51. The maximum absolute atomic E-state index is 12.6. The van der Waals surface area contributed by atoms with Crippen LogP contribution in [0.5, 0.6) is 0 Å². The highest BCUT2D eigenvalue weighted by atomic mass is 16.4. The number of carbonyl (C=O) groups is 3.